The van der Waals surface area contributed by atoms with Crippen LogP contribution in [0.3, 0.4) is 0 Å². The van der Waals surface area contributed by atoms with Crippen molar-refractivity contribution in [3.05, 3.63) is 28.0 Å². The molecule has 1 aromatic heterocycles. The molecule has 5 heteroatoms. The first-order chi connectivity index (χ1) is 6.70. The van der Waals surface area contributed by atoms with E-state index in [0.717, 1.165) is 16.7 Å². The zero-order valence-electron chi connectivity index (χ0n) is 7.38. The maximum Gasteiger partial charge on any atom is 0.199 e. The first-order valence-electron chi connectivity index (χ1n) is 4.01. The van der Waals surface area contributed by atoms with Crippen molar-refractivity contribution in [2.24, 2.45) is 0 Å². The van der Waals surface area contributed by atoms with E-state index in [1.165, 1.54) is 0 Å². The highest BCUT2D eigenvalue weighted by Crippen LogP contribution is 2.24. The highest BCUT2D eigenvalue weighted by Gasteiger charge is 2.04. The van der Waals surface area contributed by atoms with Crippen LogP contribution in [0.15, 0.2) is 22.9 Å². The fourth-order valence-corrected chi connectivity index (χ4v) is 1.80. The maximum atomic E-state index is 5.87. The number of anilines is 1. The number of halogens is 2. The molecule has 14 heavy (non-hydrogen) atoms. The van der Waals surface area contributed by atoms with E-state index in [4.69, 9.17) is 11.6 Å². The van der Waals surface area contributed by atoms with Crippen LogP contribution in [0, 0.1) is 0 Å². The summed E-state index contributed by atoms with van der Waals surface area (Å²) >= 11 is 9.11. The number of hydrogen-bond donors (Lipinski definition) is 1. The maximum absolute atomic E-state index is 5.87. The Morgan fingerprint density at radius 2 is 2.14 bits per heavy atom. The number of rotatable bonds is 1. The molecule has 0 amide bonds. The third kappa shape index (κ3) is 1.67. The molecule has 0 unspecified atom stereocenters. The van der Waals surface area contributed by atoms with Crippen LogP contribution >= 0.6 is 27.5 Å². The Bertz CT molecular complexity index is 481. The summed E-state index contributed by atoms with van der Waals surface area (Å²) in [5.41, 5.74) is 0.823. The van der Waals surface area contributed by atoms with Crippen molar-refractivity contribution in [3.8, 4) is 0 Å². The highest BCUT2D eigenvalue weighted by atomic mass is 79.9. The molecule has 0 spiro atoms. The number of fused-ring (bicyclic) bond motifs is 1. The topological polar surface area (TPSA) is 37.8 Å². The van der Waals surface area contributed by atoms with Gasteiger partial charge in [0.15, 0.2) is 4.73 Å². The van der Waals surface area contributed by atoms with Gasteiger partial charge in [-0.25, -0.2) is 9.97 Å². The van der Waals surface area contributed by atoms with Gasteiger partial charge in [0.1, 0.15) is 5.82 Å². The van der Waals surface area contributed by atoms with Gasteiger partial charge in [0.2, 0.25) is 0 Å². The molecule has 2 aromatic rings. The largest absolute Gasteiger partial charge is 0.372 e. The second kappa shape index (κ2) is 3.71. The molecule has 1 heterocycles. The Labute approximate surface area is 94.6 Å². The molecule has 3 nitrogen and oxygen atoms in total. The molecule has 0 atom stereocenters. The van der Waals surface area contributed by atoms with Crippen LogP contribution in [0.4, 0.5) is 5.82 Å². The molecule has 0 aliphatic heterocycles. The molecular weight excluding hydrogens is 265 g/mol. The number of benzene rings is 1. The summed E-state index contributed by atoms with van der Waals surface area (Å²) in [6.45, 7) is 0. The lowest BCUT2D eigenvalue weighted by Gasteiger charge is -2.04. The molecular formula is C9H7BrClN3. The Balaban J connectivity index is 2.81. The lowest BCUT2D eigenvalue weighted by molar-refractivity contribution is 1.15. The monoisotopic (exact) mass is 271 g/mol. The summed E-state index contributed by atoms with van der Waals surface area (Å²) in [4.78, 5) is 8.43. The van der Waals surface area contributed by atoms with E-state index in [0.29, 0.717) is 9.76 Å². The average Bonchev–Trinajstić information content (AvgIpc) is 2.15. The van der Waals surface area contributed by atoms with Crippen LogP contribution in [-0.4, -0.2) is 17.0 Å². The molecule has 0 fully saturated rings. The zero-order chi connectivity index (χ0) is 10.1. The summed E-state index contributed by atoms with van der Waals surface area (Å²) in [5.74, 6) is 0.790. The standard InChI is InChI=1S/C9H7BrClN3/c1-12-8-6-3-2-5(11)4-7(6)13-9(10)14-8/h2-4H,1H3,(H,12,13,14). The summed E-state index contributed by atoms with van der Waals surface area (Å²) < 4.78 is 0.552. The molecule has 1 N–H and O–H groups in total. The fourth-order valence-electron chi connectivity index (χ4n) is 1.26. The van der Waals surface area contributed by atoms with Gasteiger partial charge in [0.05, 0.1) is 5.52 Å². The van der Waals surface area contributed by atoms with Crippen molar-refractivity contribution in [1.29, 1.82) is 0 Å². The van der Waals surface area contributed by atoms with Crippen LogP contribution < -0.4 is 5.32 Å². The Morgan fingerprint density at radius 3 is 2.86 bits per heavy atom. The number of aromatic nitrogens is 2. The minimum atomic E-state index is 0.552. The first kappa shape index (κ1) is 9.68. The summed E-state index contributed by atoms with van der Waals surface area (Å²) in [6.07, 6.45) is 0. The molecule has 0 saturated carbocycles. The second-order valence-corrected chi connectivity index (χ2v) is 3.90. The minimum Gasteiger partial charge on any atom is -0.372 e. The Morgan fingerprint density at radius 1 is 1.36 bits per heavy atom. The van der Waals surface area contributed by atoms with E-state index in [9.17, 15) is 0 Å². The van der Waals surface area contributed by atoms with Gasteiger partial charge in [-0.2, -0.15) is 0 Å². The normalized spacial score (nSPS) is 10.5. The van der Waals surface area contributed by atoms with Crippen molar-refractivity contribution >= 4 is 44.3 Å². The van der Waals surface area contributed by atoms with Crippen molar-refractivity contribution in [2.45, 2.75) is 0 Å². The smallest absolute Gasteiger partial charge is 0.199 e. The highest BCUT2D eigenvalue weighted by molar-refractivity contribution is 9.10. The number of hydrogen-bond acceptors (Lipinski definition) is 3. The van der Waals surface area contributed by atoms with Crippen LogP contribution in [0.2, 0.25) is 5.02 Å². The zero-order valence-corrected chi connectivity index (χ0v) is 9.72. The lowest BCUT2D eigenvalue weighted by atomic mass is 10.2. The predicted octanol–water partition coefficient (Wildman–Crippen LogP) is 3.09. The van der Waals surface area contributed by atoms with E-state index in [-0.39, 0.29) is 0 Å². The van der Waals surface area contributed by atoms with Crippen molar-refractivity contribution in [1.82, 2.24) is 9.97 Å². The lowest BCUT2D eigenvalue weighted by Crippen LogP contribution is -1.96. The first-order valence-corrected chi connectivity index (χ1v) is 5.18. The van der Waals surface area contributed by atoms with Crippen molar-refractivity contribution in [2.75, 3.05) is 12.4 Å². The molecule has 0 aliphatic carbocycles. The van der Waals surface area contributed by atoms with Crippen LogP contribution in [0.5, 0.6) is 0 Å². The van der Waals surface area contributed by atoms with Gasteiger partial charge >= 0.3 is 0 Å². The fraction of sp³-hybridized carbons (Fsp3) is 0.111. The molecule has 0 radical (unpaired) electrons. The third-order valence-electron chi connectivity index (χ3n) is 1.87. The van der Waals surface area contributed by atoms with E-state index in [1.807, 2.05) is 25.2 Å². The van der Waals surface area contributed by atoms with Crippen molar-refractivity contribution < 1.29 is 0 Å². The minimum absolute atomic E-state index is 0.552. The molecule has 72 valence electrons. The average molecular weight is 273 g/mol. The molecule has 0 saturated heterocycles. The molecule has 2 rings (SSSR count). The number of nitrogens with zero attached hydrogens (tertiary/aromatic N) is 2. The van der Waals surface area contributed by atoms with Gasteiger partial charge in [0, 0.05) is 17.5 Å². The summed E-state index contributed by atoms with van der Waals surface area (Å²) in [6, 6.07) is 5.53. The van der Waals surface area contributed by atoms with E-state index >= 15 is 0 Å². The summed E-state index contributed by atoms with van der Waals surface area (Å²) in [5, 5.41) is 4.64. The van der Waals surface area contributed by atoms with E-state index in [1.54, 1.807) is 0 Å². The second-order valence-electron chi connectivity index (χ2n) is 2.75. The van der Waals surface area contributed by atoms with E-state index in [2.05, 4.69) is 31.2 Å². The Kier molecular flexibility index (Phi) is 2.56. The molecule has 0 bridgehead atoms. The quantitative estimate of drug-likeness (QED) is 0.811. The molecule has 0 aliphatic rings. The summed E-state index contributed by atoms with van der Waals surface area (Å²) in [7, 11) is 1.82. The number of nitrogens with one attached hydrogen (secondary N) is 1. The predicted molar refractivity (Wildman–Crippen MR) is 61.8 cm³/mol. The third-order valence-corrected chi connectivity index (χ3v) is 2.46. The van der Waals surface area contributed by atoms with Gasteiger partial charge in [0.25, 0.3) is 0 Å². The van der Waals surface area contributed by atoms with Gasteiger partial charge < -0.3 is 5.32 Å². The van der Waals surface area contributed by atoms with Crippen LogP contribution in [-0.2, 0) is 0 Å². The van der Waals surface area contributed by atoms with Crippen LogP contribution in [0.25, 0.3) is 10.9 Å². The van der Waals surface area contributed by atoms with Gasteiger partial charge in [-0.15, -0.1) is 0 Å². The molecule has 1 aromatic carbocycles. The van der Waals surface area contributed by atoms with Crippen molar-refractivity contribution in [3.63, 3.8) is 0 Å². The SMILES string of the molecule is CNc1nc(Br)nc2cc(Cl)ccc12. The van der Waals surface area contributed by atoms with Gasteiger partial charge in [-0.3, -0.25) is 0 Å². The van der Waals surface area contributed by atoms with E-state index < -0.39 is 0 Å². The Hall–Kier alpha value is -0.870. The van der Waals surface area contributed by atoms with Gasteiger partial charge in [-0.05, 0) is 34.1 Å². The van der Waals surface area contributed by atoms with Crippen LogP contribution in [0.1, 0.15) is 0 Å². The van der Waals surface area contributed by atoms with Gasteiger partial charge in [-0.1, -0.05) is 11.6 Å².